The van der Waals surface area contributed by atoms with E-state index in [-0.39, 0.29) is 22.2 Å². The number of carboxylic acids is 1. The summed E-state index contributed by atoms with van der Waals surface area (Å²) in [6, 6.07) is 2.82. The molecule has 0 aliphatic heterocycles. The standard InChI is InChI=1S/C12H12Cl2O5/c1-2-19-11-4-8(13)7(3-9(11)14)10(15)5-18-6-12(16)17/h3-4H,2,5-6H2,1H3,(H,16,17). The number of ketones is 1. The number of carbonyl (C=O) groups is 2. The first-order valence-electron chi connectivity index (χ1n) is 5.40. The second-order valence-electron chi connectivity index (χ2n) is 3.51. The predicted molar refractivity (Wildman–Crippen MR) is 70.4 cm³/mol. The number of hydrogen-bond acceptors (Lipinski definition) is 4. The third-order valence-electron chi connectivity index (χ3n) is 2.08. The van der Waals surface area contributed by atoms with E-state index in [1.165, 1.54) is 12.1 Å². The van der Waals surface area contributed by atoms with E-state index in [9.17, 15) is 9.59 Å². The molecule has 104 valence electrons. The number of Topliss-reactive ketones (excluding diaryl/α,β-unsaturated/α-hetero) is 1. The van der Waals surface area contributed by atoms with E-state index >= 15 is 0 Å². The normalized spacial score (nSPS) is 10.3. The summed E-state index contributed by atoms with van der Waals surface area (Å²) in [5, 5.41) is 8.83. The molecule has 1 aromatic carbocycles. The van der Waals surface area contributed by atoms with Crippen LogP contribution in [0.1, 0.15) is 17.3 Å². The third kappa shape index (κ3) is 4.70. The van der Waals surface area contributed by atoms with Crippen LogP contribution in [0, 0.1) is 0 Å². The second-order valence-corrected chi connectivity index (χ2v) is 4.32. The Morgan fingerprint density at radius 3 is 2.47 bits per heavy atom. The molecule has 0 unspecified atom stereocenters. The Bertz CT molecular complexity index is 487. The molecule has 5 nitrogen and oxygen atoms in total. The first-order valence-corrected chi connectivity index (χ1v) is 6.15. The zero-order valence-corrected chi connectivity index (χ0v) is 11.6. The van der Waals surface area contributed by atoms with Crippen molar-refractivity contribution in [1.82, 2.24) is 0 Å². The number of aliphatic carboxylic acids is 1. The smallest absolute Gasteiger partial charge is 0.329 e. The molecule has 0 aromatic heterocycles. The highest BCUT2D eigenvalue weighted by Gasteiger charge is 2.15. The van der Waals surface area contributed by atoms with Gasteiger partial charge >= 0.3 is 5.97 Å². The molecule has 0 saturated heterocycles. The van der Waals surface area contributed by atoms with Crippen LogP contribution in [0.4, 0.5) is 0 Å². The zero-order chi connectivity index (χ0) is 14.4. The lowest BCUT2D eigenvalue weighted by Gasteiger charge is -2.09. The highest BCUT2D eigenvalue weighted by atomic mass is 35.5. The predicted octanol–water partition coefficient (Wildman–Crippen LogP) is 2.68. The minimum atomic E-state index is -1.15. The van der Waals surface area contributed by atoms with Crippen LogP contribution in [0.25, 0.3) is 0 Å². The topological polar surface area (TPSA) is 72.8 Å². The maximum absolute atomic E-state index is 11.8. The van der Waals surface area contributed by atoms with Gasteiger partial charge in [0.25, 0.3) is 0 Å². The number of carbonyl (C=O) groups excluding carboxylic acids is 1. The van der Waals surface area contributed by atoms with E-state index in [2.05, 4.69) is 0 Å². The van der Waals surface area contributed by atoms with Gasteiger partial charge in [0.1, 0.15) is 19.0 Å². The Kier molecular flexibility index (Phi) is 6.08. The van der Waals surface area contributed by atoms with Gasteiger partial charge in [-0.25, -0.2) is 4.79 Å². The molecule has 0 aliphatic rings. The van der Waals surface area contributed by atoms with Crippen LogP contribution in [-0.4, -0.2) is 36.7 Å². The van der Waals surface area contributed by atoms with Gasteiger partial charge in [0, 0.05) is 11.6 Å². The molecule has 0 saturated carbocycles. The zero-order valence-electron chi connectivity index (χ0n) is 10.1. The average Bonchev–Trinajstić information content (AvgIpc) is 2.33. The molecular formula is C12H12Cl2O5. The lowest BCUT2D eigenvalue weighted by Crippen LogP contribution is -2.14. The lowest BCUT2D eigenvalue weighted by atomic mass is 10.1. The van der Waals surface area contributed by atoms with Gasteiger partial charge in [0.15, 0.2) is 5.78 Å². The first kappa shape index (κ1) is 15.8. The molecule has 1 rings (SSSR count). The van der Waals surface area contributed by atoms with Crippen molar-refractivity contribution in [3.05, 3.63) is 27.7 Å². The van der Waals surface area contributed by atoms with Crippen LogP contribution in [0.3, 0.4) is 0 Å². The lowest BCUT2D eigenvalue weighted by molar-refractivity contribution is -0.141. The van der Waals surface area contributed by atoms with E-state index < -0.39 is 18.4 Å². The highest BCUT2D eigenvalue weighted by Crippen LogP contribution is 2.31. The van der Waals surface area contributed by atoms with Crippen molar-refractivity contribution in [3.63, 3.8) is 0 Å². The Morgan fingerprint density at radius 2 is 1.89 bits per heavy atom. The Morgan fingerprint density at radius 1 is 1.21 bits per heavy atom. The monoisotopic (exact) mass is 306 g/mol. The third-order valence-corrected chi connectivity index (χ3v) is 2.69. The molecule has 0 aliphatic carbocycles. The summed E-state index contributed by atoms with van der Waals surface area (Å²) in [5.41, 5.74) is 0.167. The van der Waals surface area contributed by atoms with Crippen molar-refractivity contribution < 1.29 is 24.2 Å². The van der Waals surface area contributed by atoms with Crippen LogP contribution in [0.15, 0.2) is 12.1 Å². The maximum atomic E-state index is 11.8. The number of hydrogen-bond donors (Lipinski definition) is 1. The summed E-state index contributed by atoms with van der Waals surface area (Å²) in [6.45, 7) is 1.29. The minimum absolute atomic E-state index is 0.167. The van der Waals surface area contributed by atoms with E-state index in [0.717, 1.165) is 0 Å². The van der Waals surface area contributed by atoms with Crippen LogP contribution in [0.5, 0.6) is 5.75 Å². The number of carboxylic acid groups (broad SMARTS) is 1. The van der Waals surface area contributed by atoms with Gasteiger partial charge < -0.3 is 14.6 Å². The van der Waals surface area contributed by atoms with Crippen molar-refractivity contribution in [2.24, 2.45) is 0 Å². The molecule has 7 heteroatoms. The number of halogens is 2. The molecular weight excluding hydrogens is 295 g/mol. The molecule has 0 fully saturated rings. The van der Waals surface area contributed by atoms with E-state index in [1.807, 2.05) is 0 Å². The summed E-state index contributed by atoms with van der Waals surface area (Å²) in [7, 11) is 0. The fraction of sp³-hybridized carbons (Fsp3) is 0.333. The molecule has 1 aromatic rings. The van der Waals surface area contributed by atoms with Gasteiger partial charge in [-0.3, -0.25) is 4.79 Å². The number of ether oxygens (including phenoxy) is 2. The highest BCUT2D eigenvalue weighted by molar-refractivity contribution is 6.36. The average molecular weight is 307 g/mol. The SMILES string of the molecule is CCOc1cc(Cl)c(C(=O)COCC(=O)O)cc1Cl. The van der Waals surface area contributed by atoms with Crippen LogP contribution < -0.4 is 4.74 Å². The largest absolute Gasteiger partial charge is 0.492 e. The van der Waals surface area contributed by atoms with Crippen molar-refractivity contribution in [2.75, 3.05) is 19.8 Å². The molecule has 0 amide bonds. The molecule has 0 heterocycles. The quantitative estimate of drug-likeness (QED) is 0.784. The van der Waals surface area contributed by atoms with Crippen molar-refractivity contribution >= 4 is 35.0 Å². The molecule has 0 radical (unpaired) electrons. The number of rotatable bonds is 7. The summed E-state index contributed by atoms with van der Waals surface area (Å²) < 4.78 is 9.93. The van der Waals surface area contributed by atoms with Gasteiger partial charge in [-0.1, -0.05) is 23.2 Å². The van der Waals surface area contributed by atoms with Crippen molar-refractivity contribution in [1.29, 1.82) is 0 Å². The second kappa shape index (κ2) is 7.33. The summed E-state index contributed by atoms with van der Waals surface area (Å²) in [6.07, 6.45) is 0. The van der Waals surface area contributed by atoms with Crippen molar-refractivity contribution in [3.8, 4) is 5.75 Å². The van der Waals surface area contributed by atoms with Crippen molar-refractivity contribution in [2.45, 2.75) is 6.92 Å². The minimum Gasteiger partial charge on any atom is -0.492 e. The Labute approximate surface area is 120 Å². The van der Waals surface area contributed by atoms with Gasteiger partial charge in [-0.05, 0) is 13.0 Å². The van der Waals surface area contributed by atoms with E-state index in [4.69, 9.17) is 37.8 Å². The molecule has 0 bridgehead atoms. The number of benzene rings is 1. The Hall–Kier alpha value is -1.30. The van der Waals surface area contributed by atoms with Gasteiger partial charge in [0.05, 0.1) is 16.7 Å². The van der Waals surface area contributed by atoms with Gasteiger partial charge in [-0.2, -0.15) is 0 Å². The molecule has 0 atom stereocenters. The molecule has 0 spiro atoms. The van der Waals surface area contributed by atoms with Crippen LogP contribution in [-0.2, 0) is 9.53 Å². The van der Waals surface area contributed by atoms with Crippen LogP contribution in [0.2, 0.25) is 10.0 Å². The molecule has 1 N–H and O–H groups in total. The fourth-order valence-corrected chi connectivity index (χ4v) is 1.79. The summed E-state index contributed by atoms with van der Waals surface area (Å²) in [5.74, 6) is -1.21. The Balaban J connectivity index is 2.80. The van der Waals surface area contributed by atoms with Crippen LogP contribution >= 0.6 is 23.2 Å². The summed E-state index contributed by atoms with van der Waals surface area (Å²) in [4.78, 5) is 22.0. The summed E-state index contributed by atoms with van der Waals surface area (Å²) >= 11 is 11.9. The van der Waals surface area contributed by atoms with Gasteiger partial charge in [-0.15, -0.1) is 0 Å². The van der Waals surface area contributed by atoms with E-state index in [0.29, 0.717) is 12.4 Å². The van der Waals surface area contributed by atoms with Gasteiger partial charge in [0.2, 0.25) is 0 Å². The van der Waals surface area contributed by atoms with E-state index in [1.54, 1.807) is 6.92 Å². The fourth-order valence-electron chi connectivity index (χ4n) is 1.32. The molecule has 19 heavy (non-hydrogen) atoms. The first-order chi connectivity index (χ1) is 8.95. The maximum Gasteiger partial charge on any atom is 0.329 e.